The largest absolute Gasteiger partial charge is 0.424 e. The van der Waals surface area contributed by atoms with Crippen molar-refractivity contribution in [1.29, 1.82) is 0 Å². The second kappa shape index (κ2) is 10.3. The van der Waals surface area contributed by atoms with Crippen LogP contribution in [-0.4, -0.2) is 58.1 Å². The first-order valence-corrected chi connectivity index (χ1v) is 12.5. The van der Waals surface area contributed by atoms with Gasteiger partial charge in [-0.15, -0.1) is 0 Å². The Kier molecular flexibility index (Phi) is 6.96. The highest BCUT2D eigenvalue weighted by Crippen LogP contribution is 2.36. The topological polar surface area (TPSA) is 79.3 Å². The summed E-state index contributed by atoms with van der Waals surface area (Å²) >= 11 is 13.8. The number of benzene rings is 1. The third kappa shape index (κ3) is 5.50. The van der Waals surface area contributed by atoms with Crippen molar-refractivity contribution in [2.75, 3.05) is 43.4 Å². The average molecular weight is 516 g/mol. The number of allylic oxidation sites excluding steroid dienone is 3. The van der Waals surface area contributed by atoms with Gasteiger partial charge in [-0.1, -0.05) is 46.7 Å². The predicted octanol–water partition coefficient (Wildman–Crippen LogP) is 5.41. The minimum atomic E-state index is 0.252. The lowest BCUT2D eigenvalue weighted by atomic mass is 10.2. The van der Waals surface area contributed by atoms with Crippen molar-refractivity contribution in [3.63, 3.8) is 0 Å². The molecule has 1 aliphatic carbocycles. The molecule has 0 amide bonds. The maximum Gasteiger partial charge on any atom is 0.328 e. The number of piperazine rings is 1. The molecule has 0 unspecified atom stereocenters. The first kappa shape index (κ1) is 23.0. The van der Waals surface area contributed by atoms with Gasteiger partial charge in [-0.05, 0) is 44.2 Å². The summed E-state index contributed by atoms with van der Waals surface area (Å²) in [5, 5.41) is 5.02. The molecule has 0 radical (unpaired) electrons. The summed E-state index contributed by atoms with van der Waals surface area (Å²) in [7, 11) is 2.11. The van der Waals surface area contributed by atoms with Crippen LogP contribution in [0.1, 0.15) is 12.8 Å². The van der Waals surface area contributed by atoms with E-state index in [9.17, 15) is 0 Å². The van der Waals surface area contributed by atoms with Crippen molar-refractivity contribution >= 4 is 51.6 Å². The zero-order chi connectivity index (χ0) is 23.5. The molecule has 176 valence electrons. The Hall–Kier alpha value is -2.72. The number of likely N-dealkylation sites (N-methyl/N-ethyl adjacent to an activating group) is 1. The molecule has 0 saturated carbocycles. The molecule has 11 heteroatoms. The molecular formula is C23H23Cl2N7OS. The number of aromatic nitrogens is 4. The van der Waals surface area contributed by atoms with Gasteiger partial charge >= 0.3 is 6.01 Å². The first-order chi connectivity index (χ1) is 16.5. The summed E-state index contributed by atoms with van der Waals surface area (Å²) in [6.07, 6.45) is 9.76. The molecule has 1 saturated heterocycles. The molecule has 1 fully saturated rings. The van der Waals surface area contributed by atoms with E-state index in [1.807, 2.05) is 24.3 Å². The van der Waals surface area contributed by atoms with Gasteiger partial charge in [0.2, 0.25) is 11.9 Å². The molecule has 0 spiro atoms. The van der Waals surface area contributed by atoms with Crippen LogP contribution in [0.4, 0.5) is 17.0 Å². The molecule has 3 heterocycles. The van der Waals surface area contributed by atoms with E-state index in [-0.39, 0.29) is 6.01 Å². The molecule has 2 aromatic heterocycles. The van der Waals surface area contributed by atoms with Gasteiger partial charge in [0.05, 0.1) is 9.90 Å². The number of thiazole rings is 1. The molecule has 5 rings (SSSR count). The van der Waals surface area contributed by atoms with Crippen LogP contribution in [0.3, 0.4) is 0 Å². The number of halogens is 2. The Balaban J connectivity index is 1.41. The van der Waals surface area contributed by atoms with Crippen molar-refractivity contribution in [2.45, 2.75) is 12.8 Å². The highest BCUT2D eigenvalue weighted by Gasteiger charge is 2.20. The number of nitrogens with one attached hydrogen (secondary N) is 1. The molecule has 3 aromatic rings. The molecule has 1 aliphatic heterocycles. The zero-order valence-electron chi connectivity index (χ0n) is 18.5. The number of anilines is 3. The lowest BCUT2D eigenvalue weighted by Crippen LogP contribution is -2.45. The number of nitrogens with zero attached hydrogens (tertiary/aromatic N) is 6. The second-order valence-corrected chi connectivity index (χ2v) is 9.87. The lowest BCUT2D eigenvalue weighted by Gasteiger charge is -2.32. The van der Waals surface area contributed by atoms with Crippen LogP contribution in [0.25, 0.3) is 10.4 Å². The quantitative estimate of drug-likeness (QED) is 0.466. The van der Waals surface area contributed by atoms with E-state index in [0.29, 0.717) is 27.1 Å². The summed E-state index contributed by atoms with van der Waals surface area (Å²) in [5.74, 6) is 1.70. The number of hydrogen-bond donors (Lipinski definition) is 1. The molecular weight excluding hydrogens is 493 g/mol. The maximum atomic E-state index is 6.37. The molecule has 1 aromatic carbocycles. The van der Waals surface area contributed by atoms with Crippen LogP contribution in [-0.2, 0) is 0 Å². The van der Waals surface area contributed by atoms with Gasteiger partial charge in [0, 0.05) is 43.0 Å². The molecule has 8 nitrogen and oxygen atoms in total. The third-order valence-electron chi connectivity index (χ3n) is 5.48. The van der Waals surface area contributed by atoms with Gasteiger partial charge in [0.25, 0.3) is 0 Å². The van der Waals surface area contributed by atoms with Crippen molar-refractivity contribution in [3.8, 4) is 16.5 Å². The van der Waals surface area contributed by atoms with Gasteiger partial charge in [-0.3, -0.25) is 5.32 Å². The van der Waals surface area contributed by atoms with Crippen molar-refractivity contribution in [2.24, 2.45) is 0 Å². The van der Waals surface area contributed by atoms with E-state index < -0.39 is 0 Å². The van der Waals surface area contributed by atoms with Gasteiger partial charge in [-0.25, -0.2) is 4.98 Å². The second-order valence-electron chi connectivity index (χ2n) is 8.00. The summed E-state index contributed by atoms with van der Waals surface area (Å²) in [6, 6.07) is 5.66. The smallest absolute Gasteiger partial charge is 0.328 e. The van der Waals surface area contributed by atoms with E-state index >= 15 is 0 Å². The predicted molar refractivity (Wildman–Crippen MR) is 137 cm³/mol. The third-order valence-corrected chi connectivity index (χ3v) is 6.97. The minimum Gasteiger partial charge on any atom is -0.424 e. The van der Waals surface area contributed by atoms with Gasteiger partial charge in [0.1, 0.15) is 5.76 Å². The lowest BCUT2D eigenvalue weighted by molar-refractivity contribution is 0.310. The highest BCUT2D eigenvalue weighted by atomic mass is 35.5. The monoisotopic (exact) mass is 515 g/mol. The Morgan fingerprint density at radius 1 is 1.06 bits per heavy atom. The van der Waals surface area contributed by atoms with E-state index in [4.69, 9.17) is 27.9 Å². The van der Waals surface area contributed by atoms with Gasteiger partial charge in [-0.2, -0.15) is 15.0 Å². The van der Waals surface area contributed by atoms with Gasteiger partial charge in [0.15, 0.2) is 5.13 Å². The first-order valence-electron chi connectivity index (χ1n) is 11.0. The average Bonchev–Trinajstić information content (AvgIpc) is 3.28. The van der Waals surface area contributed by atoms with E-state index in [0.717, 1.165) is 55.2 Å². The molecule has 0 bridgehead atoms. The summed E-state index contributed by atoms with van der Waals surface area (Å²) < 4.78 is 5.98. The standard InChI is InChI=1S/C23H23Cl2N7OS/c1-31-9-11-32(12-10-31)21-27-20(28-22(30-21)33-16-5-3-2-4-6-16)29-23-26-14-19(34-23)17-8-7-15(24)13-18(17)25/h3,5-8,13-14H,2,4,9-12H2,1H3,(H,26,27,28,29,30). The fraction of sp³-hybridized carbons (Fsp3) is 0.304. The Morgan fingerprint density at radius 2 is 1.91 bits per heavy atom. The van der Waals surface area contributed by atoms with Crippen molar-refractivity contribution in [1.82, 2.24) is 24.8 Å². The Morgan fingerprint density at radius 3 is 2.68 bits per heavy atom. The normalized spacial score (nSPS) is 16.4. The maximum absolute atomic E-state index is 6.37. The van der Waals surface area contributed by atoms with E-state index in [2.05, 4.69) is 48.2 Å². The Labute approximate surface area is 211 Å². The van der Waals surface area contributed by atoms with Gasteiger partial charge < -0.3 is 14.5 Å². The fourth-order valence-corrected chi connectivity index (χ4v) is 5.02. The fourth-order valence-electron chi connectivity index (χ4n) is 3.61. The molecule has 34 heavy (non-hydrogen) atoms. The number of ether oxygens (including phenoxy) is 1. The van der Waals surface area contributed by atoms with Crippen LogP contribution in [0.2, 0.25) is 10.0 Å². The van der Waals surface area contributed by atoms with Crippen molar-refractivity contribution < 1.29 is 4.74 Å². The van der Waals surface area contributed by atoms with Crippen LogP contribution < -0.4 is 15.0 Å². The van der Waals surface area contributed by atoms with Crippen molar-refractivity contribution in [3.05, 3.63) is 58.4 Å². The summed E-state index contributed by atoms with van der Waals surface area (Å²) in [4.78, 5) is 23.6. The summed E-state index contributed by atoms with van der Waals surface area (Å²) in [6.45, 7) is 3.54. The molecule has 0 atom stereocenters. The highest BCUT2D eigenvalue weighted by molar-refractivity contribution is 7.19. The van der Waals surface area contributed by atoms with E-state index in [1.165, 1.54) is 11.3 Å². The minimum absolute atomic E-state index is 0.252. The number of rotatable bonds is 6. The Bertz CT molecular complexity index is 1240. The number of hydrogen-bond acceptors (Lipinski definition) is 9. The molecule has 1 N–H and O–H groups in total. The molecule has 2 aliphatic rings. The SMILES string of the molecule is CN1CCN(c2nc(Nc3ncc(-c4ccc(Cl)cc4Cl)s3)nc(OC3=CCCC=C3)n2)CC1. The van der Waals surface area contributed by atoms with Crippen LogP contribution in [0.5, 0.6) is 6.01 Å². The van der Waals surface area contributed by atoms with Crippen LogP contribution in [0.15, 0.2) is 48.4 Å². The van der Waals surface area contributed by atoms with Crippen LogP contribution >= 0.6 is 34.5 Å². The van der Waals surface area contributed by atoms with Crippen LogP contribution in [0, 0.1) is 0 Å². The summed E-state index contributed by atoms with van der Waals surface area (Å²) in [5.41, 5.74) is 0.866. The zero-order valence-corrected chi connectivity index (χ0v) is 20.9. The van der Waals surface area contributed by atoms with E-state index in [1.54, 1.807) is 12.3 Å².